The molecule has 5 atom stereocenters. The molecule has 0 aromatic carbocycles. The summed E-state index contributed by atoms with van der Waals surface area (Å²) in [7, 11) is 0. The quantitative estimate of drug-likeness (QED) is 0.121. The zero-order valence-corrected chi connectivity index (χ0v) is 24.5. The normalized spacial score (nSPS) is 28.8. The number of ether oxygens (including phenoxy) is 5. The van der Waals surface area contributed by atoms with Gasteiger partial charge in [0.15, 0.2) is 12.2 Å². The summed E-state index contributed by atoms with van der Waals surface area (Å²) >= 11 is 0. The summed E-state index contributed by atoms with van der Waals surface area (Å²) in [5.41, 5.74) is -2.47. The Morgan fingerprint density at radius 3 is 2.47 bits per heavy atom. The van der Waals surface area contributed by atoms with Gasteiger partial charge in [0.2, 0.25) is 17.2 Å². The van der Waals surface area contributed by atoms with Crippen molar-refractivity contribution in [3.8, 4) is 0 Å². The Labute approximate surface area is 249 Å². The monoisotopic (exact) mass is 600 g/mol. The number of Topliss-reactive ketones (excluding diaryl/α,β-unsaturated/α-hetero) is 1. The molecule has 0 aromatic rings. The number of ketones is 2. The fraction of sp³-hybridized carbons (Fsp3) is 0.484. The second-order valence-corrected chi connectivity index (χ2v) is 10.4. The van der Waals surface area contributed by atoms with Crippen LogP contribution in [-0.2, 0) is 52.5 Å². The molecular weight excluding hydrogens is 564 g/mol. The number of esters is 3. The van der Waals surface area contributed by atoms with Crippen LogP contribution >= 0.6 is 0 Å². The van der Waals surface area contributed by atoms with Crippen LogP contribution in [0.15, 0.2) is 59.9 Å². The van der Waals surface area contributed by atoms with Crippen LogP contribution in [0.25, 0.3) is 0 Å². The Kier molecular flexibility index (Phi) is 11.0. The molecule has 1 spiro atoms. The SMILES string of the molecule is CCC/C=C/C=C/C=C/C(=O)O[C@H]1C2=CC(=O)C(C)(OC(C)=O)C(=O)C2=CO[C@@]12O[C@@H](C)CC[C@H]2OC(=O)CCC(=O)O. The van der Waals surface area contributed by atoms with Gasteiger partial charge in [0, 0.05) is 18.6 Å². The van der Waals surface area contributed by atoms with Crippen molar-refractivity contribution in [2.45, 2.75) is 95.9 Å². The highest BCUT2D eigenvalue weighted by Gasteiger charge is 2.63. The summed E-state index contributed by atoms with van der Waals surface area (Å²) in [6, 6.07) is 0. The standard InChI is InChI=1S/C31H36O12/c1-5-6-7-8-9-10-11-12-26(36)41-29-21-17-23(33)30(4,43-20(3)32)28(38)22(21)18-39-31(29)24(14-13-19(2)42-31)40-27(37)16-15-25(34)35/h7-12,17-19,24,29H,5-6,13-16H2,1-4H3,(H,34,35)/b8-7+,10-9+,12-11+/t19-,24+,29-,30?,31-/m0/s1. The van der Waals surface area contributed by atoms with Crippen LogP contribution in [-0.4, -0.2) is 70.3 Å². The molecule has 3 aliphatic rings. The number of allylic oxidation sites excluding steroid dienone is 5. The summed E-state index contributed by atoms with van der Waals surface area (Å²) in [5, 5.41) is 8.96. The van der Waals surface area contributed by atoms with Gasteiger partial charge >= 0.3 is 23.9 Å². The predicted octanol–water partition coefficient (Wildman–Crippen LogP) is 3.35. The van der Waals surface area contributed by atoms with Crippen LogP contribution in [0.3, 0.4) is 0 Å². The van der Waals surface area contributed by atoms with Crippen LogP contribution < -0.4 is 0 Å². The van der Waals surface area contributed by atoms with Gasteiger partial charge in [-0.25, -0.2) is 4.79 Å². The highest BCUT2D eigenvalue weighted by Crippen LogP contribution is 2.46. The third-order valence-electron chi connectivity index (χ3n) is 6.98. The van der Waals surface area contributed by atoms with Crippen molar-refractivity contribution in [3.63, 3.8) is 0 Å². The maximum Gasteiger partial charge on any atom is 0.331 e. The molecule has 12 heteroatoms. The molecule has 0 amide bonds. The maximum atomic E-state index is 13.5. The summed E-state index contributed by atoms with van der Waals surface area (Å²) in [6.07, 6.45) is 9.93. The van der Waals surface area contributed by atoms with E-state index in [1.54, 1.807) is 19.1 Å². The van der Waals surface area contributed by atoms with Gasteiger partial charge in [-0.2, -0.15) is 0 Å². The summed E-state index contributed by atoms with van der Waals surface area (Å²) < 4.78 is 28.6. The Balaban J connectivity index is 2.03. The molecule has 1 N–H and O–H groups in total. The van der Waals surface area contributed by atoms with E-state index in [0.717, 1.165) is 45.1 Å². The maximum absolute atomic E-state index is 13.5. The van der Waals surface area contributed by atoms with Crippen molar-refractivity contribution in [2.75, 3.05) is 0 Å². The molecule has 1 unspecified atom stereocenters. The molecule has 1 fully saturated rings. The molecule has 1 saturated heterocycles. The van der Waals surface area contributed by atoms with E-state index in [2.05, 4.69) is 0 Å². The summed E-state index contributed by atoms with van der Waals surface area (Å²) in [6.45, 7) is 5.96. The molecule has 43 heavy (non-hydrogen) atoms. The van der Waals surface area contributed by atoms with Gasteiger partial charge in [0.25, 0.3) is 5.79 Å². The minimum Gasteiger partial charge on any atom is -0.481 e. The van der Waals surface area contributed by atoms with E-state index in [1.165, 1.54) is 6.08 Å². The Hall–Kier alpha value is -4.32. The minimum absolute atomic E-state index is 0.0913. The second-order valence-electron chi connectivity index (χ2n) is 10.4. The number of carboxylic acid groups (broad SMARTS) is 1. The zero-order chi connectivity index (χ0) is 31.8. The van der Waals surface area contributed by atoms with E-state index in [-0.39, 0.29) is 17.6 Å². The smallest absolute Gasteiger partial charge is 0.331 e. The van der Waals surface area contributed by atoms with E-state index in [0.29, 0.717) is 6.42 Å². The van der Waals surface area contributed by atoms with Crippen LogP contribution in [0.2, 0.25) is 0 Å². The number of carboxylic acids is 1. The van der Waals surface area contributed by atoms with Gasteiger partial charge in [-0.3, -0.25) is 24.0 Å². The van der Waals surface area contributed by atoms with E-state index in [4.69, 9.17) is 28.8 Å². The van der Waals surface area contributed by atoms with E-state index in [1.807, 2.05) is 19.1 Å². The molecule has 2 aliphatic heterocycles. The van der Waals surface area contributed by atoms with E-state index < -0.39 is 78.0 Å². The molecule has 0 saturated carbocycles. The average molecular weight is 601 g/mol. The third-order valence-corrected chi connectivity index (χ3v) is 6.98. The zero-order valence-electron chi connectivity index (χ0n) is 24.5. The summed E-state index contributed by atoms with van der Waals surface area (Å²) in [5.74, 6) is -7.62. The second kappa shape index (κ2) is 14.2. The fourth-order valence-electron chi connectivity index (χ4n) is 4.85. The van der Waals surface area contributed by atoms with Crippen LogP contribution in [0.1, 0.15) is 66.2 Å². The van der Waals surface area contributed by atoms with Gasteiger partial charge < -0.3 is 28.8 Å². The predicted molar refractivity (Wildman–Crippen MR) is 149 cm³/mol. The van der Waals surface area contributed by atoms with Crippen LogP contribution in [0, 0.1) is 0 Å². The lowest BCUT2D eigenvalue weighted by atomic mass is 9.75. The highest BCUT2D eigenvalue weighted by atomic mass is 16.7. The van der Waals surface area contributed by atoms with E-state index >= 15 is 0 Å². The first-order chi connectivity index (χ1) is 20.3. The molecule has 232 valence electrons. The Morgan fingerprint density at radius 2 is 1.79 bits per heavy atom. The topological polar surface area (TPSA) is 169 Å². The summed E-state index contributed by atoms with van der Waals surface area (Å²) in [4.78, 5) is 75.0. The number of carbonyl (C=O) groups excluding carboxylic acids is 5. The van der Waals surface area contributed by atoms with Gasteiger partial charge in [0.05, 0.1) is 30.8 Å². The van der Waals surface area contributed by atoms with E-state index in [9.17, 15) is 28.8 Å². The highest BCUT2D eigenvalue weighted by molar-refractivity contribution is 6.26. The molecule has 0 aromatic heterocycles. The third kappa shape index (κ3) is 7.75. The Morgan fingerprint density at radius 1 is 1.07 bits per heavy atom. The number of hydrogen-bond donors (Lipinski definition) is 1. The van der Waals surface area contributed by atoms with Crippen LogP contribution in [0.4, 0.5) is 0 Å². The lowest BCUT2D eigenvalue weighted by Gasteiger charge is -2.50. The number of rotatable bonds is 11. The first kappa shape index (κ1) is 33.2. The average Bonchev–Trinajstić information content (AvgIpc) is 2.93. The molecular formula is C31H36O12. The molecule has 12 nitrogen and oxygen atoms in total. The molecule has 3 rings (SSSR count). The van der Waals surface area contributed by atoms with Crippen molar-refractivity contribution in [3.05, 3.63) is 59.9 Å². The lowest BCUT2D eigenvalue weighted by Crippen LogP contribution is -2.65. The number of aliphatic carboxylic acids is 1. The fourth-order valence-corrected chi connectivity index (χ4v) is 4.85. The van der Waals surface area contributed by atoms with Crippen molar-refractivity contribution in [1.82, 2.24) is 0 Å². The minimum atomic E-state index is -2.18. The van der Waals surface area contributed by atoms with Crippen molar-refractivity contribution < 1.29 is 57.6 Å². The van der Waals surface area contributed by atoms with Gasteiger partial charge in [-0.05, 0) is 39.2 Å². The lowest BCUT2D eigenvalue weighted by molar-refractivity contribution is -0.333. The number of unbranched alkanes of at least 4 members (excludes halogenated alkanes) is 1. The van der Waals surface area contributed by atoms with Gasteiger partial charge in [-0.1, -0.05) is 43.7 Å². The molecule has 0 bridgehead atoms. The largest absolute Gasteiger partial charge is 0.481 e. The van der Waals surface area contributed by atoms with Gasteiger partial charge in [-0.15, -0.1) is 0 Å². The first-order valence-corrected chi connectivity index (χ1v) is 14.0. The number of fused-ring (bicyclic) bond motifs is 1. The van der Waals surface area contributed by atoms with Crippen molar-refractivity contribution in [1.29, 1.82) is 0 Å². The van der Waals surface area contributed by atoms with Crippen LogP contribution in [0.5, 0.6) is 0 Å². The Bertz CT molecular complexity index is 1300. The molecule has 2 heterocycles. The molecule has 1 aliphatic carbocycles. The number of carbonyl (C=O) groups is 6. The van der Waals surface area contributed by atoms with Crippen molar-refractivity contribution >= 4 is 35.4 Å². The van der Waals surface area contributed by atoms with Gasteiger partial charge in [0.1, 0.15) is 0 Å². The number of hydrogen-bond acceptors (Lipinski definition) is 11. The molecule has 0 radical (unpaired) electrons. The van der Waals surface area contributed by atoms with Crippen molar-refractivity contribution in [2.24, 2.45) is 0 Å². The first-order valence-electron chi connectivity index (χ1n) is 14.0.